The van der Waals surface area contributed by atoms with Crippen LogP contribution in [-0.2, 0) is 0 Å². The SMILES string of the molecule is CCN(C(=O)NC1(C(F)(F)F)Oc2ccc(Cl)cc2O1)C1CCCCC1. The topological polar surface area (TPSA) is 50.8 Å². The molecule has 1 atom stereocenters. The van der Waals surface area contributed by atoms with Crippen molar-refractivity contribution < 1.29 is 27.4 Å². The maximum Gasteiger partial charge on any atom is 0.492 e. The molecule has 1 aliphatic heterocycles. The van der Waals surface area contributed by atoms with Gasteiger partial charge in [-0.15, -0.1) is 0 Å². The molecule has 5 nitrogen and oxygen atoms in total. The summed E-state index contributed by atoms with van der Waals surface area (Å²) < 4.78 is 51.2. The third-order valence-electron chi connectivity index (χ3n) is 4.67. The first kappa shape index (κ1) is 18.9. The van der Waals surface area contributed by atoms with Crippen LogP contribution in [0.2, 0.25) is 5.02 Å². The fourth-order valence-electron chi connectivity index (χ4n) is 3.39. The molecule has 0 aromatic heterocycles. The first-order chi connectivity index (χ1) is 12.3. The molecule has 1 N–H and O–H groups in total. The molecule has 1 unspecified atom stereocenters. The molecule has 1 heterocycles. The van der Waals surface area contributed by atoms with Crippen molar-refractivity contribution in [1.29, 1.82) is 0 Å². The second kappa shape index (κ2) is 7.06. The number of fused-ring (bicyclic) bond motifs is 1. The van der Waals surface area contributed by atoms with Crippen LogP contribution >= 0.6 is 11.6 Å². The van der Waals surface area contributed by atoms with E-state index in [2.05, 4.69) is 0 Å². The predicted molar refractivity (Wildman–Crippen MR) is 89.3 cm³/mol. The molecule has 0 saturated heterocycles. The molecule has 144 valence electrons. The fraction of sp³-hybridized carbons (Fsp3) is 0.588. The number of alkyl halides is 3. The van der Waals surface area contributed by atoms with Gasteiger partial charge in [-0.25, -0.2) is 4.79 Å². The Morgan fingerprint density at radius 2 is 1.92 bits per heavy atom. The lowest BCUT2D eigenvalue weighted by molar-refractivity contribution is -0.318. The zero-order valence-electron chi connectivity index (χ0n) is 14.2. The van der Waals surface area contributed by atoms with Gasteiger partial charge >= 0.3 is 18.1 Å². The fourth-order valence-corrected chi connectivity index (χ4v) is 3.55. The summed E-state index contributed by atoms with van der Waals surface area (Å²) in [7, 11) is 0. The number of halogens is 4. The van der Waals surface area contributed by atoms with Crippen LogP contribution in [0.1, 0.15) is 39.0 Å². The number of rotatable bonds is 3. The molecule has 0 bridgehead atoms. The summed E-state index contributed by atoms with van der Waals surface area (Å²) in [6.45, 7) is 2.03. The van der Waals surface area contributed by atoms with E-state index in [4.69, 9.17) is 21.1 Å². The molecular formula is C17H20ClF3N2O3. The van der Waals surface area contributed by atoms with Crippen molar-refractivity contribution >= 4 is 17.6 Å². The van der Waals surface area contributed by atoms with E-state index in [9.17, 15) is 18.0 Å². The van der Waals surface area contributed by atoms with Gasteiger partial charge in [0.2, 0.25) is 0 Å². The number of amides is 2. The normalized spacial score (nSPS) is 23.0. The average Bonchev–Trinajstić information content (AvgIpc) is 2.94. The van der Waals surface area contributed by atoms with Gasteiger partial charge in [0.1, 0.15) is 0 Å². The van der Waals surface area contributed by atoms with Crippen molar-refractivity contribution in [1.82, 2.24) is 10.2 Å². The average molecular weight is 393 g/mol. The Morgan fingerprint density at radius 1 is 1.27 bits per heavy atom. The second-order valence-electron chi connectivity index (χ2n) is 6.42. The Bertz CT molecular complexity index is 680. The first-order valence-electron chi connectivity index (χ1n) is 8.59. The summed E-state index contributed by atoms with van der Waals surface area (Å²) in [4.78, 5) is 14.0. The van der Waals surface area contributed by atoms with E-state index in [0.29, 0.717) is 6.54 Å². The van der Waals surface area contributed by atoms with E-state index < -0.39 is 18.1 Å². The molecule has 1 aliphatic carbocycles. The molecule has 26 heavy (non-hydrogen) atoms. The standard InChI is InChI=1S/C17H20ClF3N2O3/c1-2-23(12-6-4-3-5-7-12)15(24)22-17(16(19,20)21)25-13-9-8-11(18)10-14(13)26-17/h8-10,12H,2-7H2,1H3,(H,22,24). The Morgan fingerprint density at radius 3 is 2.54 bits per heavy atom. The van der Waals surface area contributed by atoms with Gasteiger partial charge in [-0.2, -0.15) is 13.2 Å². The predicted octanol–water partition coefficient (Wildman–Crippen LogP) is 4.69. The van der Waals surface area contributed by atoms with E-state index in [1.807, 2.05) is 5.32 Å². The van der Waals surface area contributed by atoms with Crippen molar-refractivity contribution in [3.63, 3.8) is 0 Å². The largest absolute Gasteiger partial charge is 0.492 e. The van der Waals surface area contributed by atoms with Gasteiger partial charge in [0.15, 0.2) is 11.5 Å². The molecule has 9 heteroatoms. The number of nitrogens with zero attached hydrogens (tertiary/aromatic N) is 1. The van der Waals surface area contributed by atoms with Crippen LogP contribution in [0.3, 0.4) is 0 Å². The highest BCUT2D eigenvalue weighted by molar-refractivity contribution is 6.30. The molecule has 2 aliphatic rings. The van der Waals surface area contributed by atoms with Crippen LogP contribution in [0.25, 0.3) is 0 Å². The molecule has 2 amide bonds. The lowest BCUT2D eigenvalue weighted by Crippen LogP contribution is -2.67. The van der Waals surface area contributed by atoms with Gasteiger partial charge < -0.3 is 14.4 Å². The molecule has 1 aromatic carbocycles. The van der Waals surface area contributed by atoms with E-state index in [1.165, 1.54) is 23.1 Å². The lowest BCUT2D eigenvalue weighted by atomic mass is 9.94. The Labute approximate surface area is 154 Å². The minimum absolute atomic E-state index is 0.0859. The zero-order valence-corrected chi connectivity index (χ0v) is 15.0. The lowest BCUT2D eigenvalue weighted by Gasteiger charge is -2.37. The summed E-state index contributed by atoms with van der Waals surface area (Å²) in [5.74, 6) is -3.57. The number of carbonyl (C=O) groups excluding carboxylic acids is 1. The second-order valence-corrected chi connectivity index (χ2v) is 6.85. The number of urea groups is 1. The van der Waals surface area contributed by atoms with E-state index in [-0.39, 0.29) is 22.6 Å². The van der Waals surface area contributed by atoms with Gasteiger partial charge in [-0.3, -0.25) is 5.32 Å². The quantitative estimate of drug-likeness (QED) is 0.811. The number of hydrogen-bond donors (Lipinski definition) is 1. The number of carbonyl (C=O) groups is 1. The molecule has 0 radical (unpaired) electrons. The minimum Gasteiger partial charge on any atom is -0.424 e. The summed E-state index contributed by atoms with van der Waals surface area (Å²) >= 11 is 5.80. The number of nitrogens with one attached hydrogen (secondary N) is 1. The highest BCUT2D eigenvalue weighted by Gasteiger charge is 2.66. The summed E-state index contributed by atoms with van der Waals surface area (Å²) in [5.41, 5.74) is 0. The Kier molecular flexibility index (Phi) is 5.14. The van der Waals surface area contributed by atoms with Crippen LogP contribution in [0.4, 0.5) is 18.0 Å². The third-order valence-corrected chi connectivity index (χ3v) is 4.91. The molecular weight excluding hydrogens is 373 g/mol. The van der Waals surface area contributed by atoms with E-state index in [0.717, 1.165) is 32.1 Å². The summed E-state index contributed by atoms with van der Waals surface area (Å²) in [5, 5.41) is 2.12. The Balaban J connectivity index is 1.82. The molecule has 1 saturated carbocycles. The van der Waals surface area contributed by atoms with Crippen LogP contribution < -0.4 is 14.8 Å². The first-order valence-corrected chi connectivity index (χ1v) is 8.96. The van der Waals surface area contributed by atoms with Gasteiger partial charge in [-0.05, 0) is 31.9 Å². The van der Waals surface area contributed by atoms with Crippen LogP contribution in [0.5, 0.6) is 11.5 Å². The molecule has 3 rings (SSSR count). The maximum absolute atomic E-state index is 13.7. The highest BCUT2D eigenvalue weighted by Crippen LogP contribution is 2.46. The number of hydrogen-bond acceptors (Lipinski definition) is 3. The van der Waals surface area contributed by atoms with Crippen molar-refractivity contribution in [3.8, 4) is 11.5 Å². The van der Waals surface area contributed by atoms with Gasteiger partial charge in [0, 0.05) is 23.7 Å². The monoisotopic (exact) mass is 392 g/mol. The van der Waals surface area contributed by atoms with E-state index in [1.54, 1.807) is 6.92 Å². The van der Waals surface area contributed by atoms with Crippen molar-refractivity contribution in [2.24, 2.45) is 0 Å². The summed E-state index contributed by atoms with van der Waals surface area (Å²) in [6.07, 6.45) is -0.453. The number of ether oxygens (including phenoxy) is 2. The summed E-state index contributed by atoms with van der Waals surface area (Å²) in [6, 6.07) is 2.93. The molecule has 0 spiro atoms. The van der Waals surface area contributed by atoms with Crippen molar-refractivity contribution in [3.05, 3.63) is 23.2 Å². The zero-order chi connectivity index (χ0) is 18.9. The molecule has 1 fully saturated rings. The van der Waals surface area contributed by atoms with Crippen LogP contribution in [0.15, 0.2) is 18.2 Å². The highest BCUT2D eigenvalue weighted by atomic mass is 35.5. The minimum atomic E-state index is -4.99. The maximum atomic E-state index is 13.7. The van der Waals surface area contributed by atoms with Gasteiger partial charge in [0.05, 0.1) is 0 Å². The van der Waals surface area contributed by atoms with Gasteiger partial charge in [-0.1, -0.05) is 30.9 Å². The van der Waals surface area contributed by atoms with Crippen molar-refractivity contribution in [2.75, 3.05) is 6.54 Å². The third kappa shape index (κ3) is 3.51. The Hall–Kier alpha value is -1.83. The van der Waals surface area contributed by atoms with Gasteiger partial charge in [0.25, 0.3) is 0 Å². The van der Waals surface area contributed by atoms with Crippen LogP contribution in [-0.4, -0.2) is 35.6 Å². The van der Waals surface area contributed by atoms with Crippen LogP contribution in [0, 0.1) is 0 Å². The number of benzene rings is 1. The molecule has 1 aromatic rings. The smallest absolute Gasteiger partial charge is 0.424 e. The van der Waals surface area contributed by atoms with E-state index >= 15 is 0 Å². The van der Waals surface area contributed by atoms with Crippen molar-refractivity contribution in [2.45, 2.75) is 57.2 Å².